The van der Waals surface area contributed by atoms with E-state index >= 15 is 0 Å². The summed E-state index contributed by atoms with van der Waals surface area (Å²) in [6.07, 6.45) is 1.12. The van der Waals surface area contributed by atoms with E-state index in [0.717, 1.165) is 4.31 Å². The van der Waals surface area contributed by atoms with Crippen molar-refractivity contribution in [3.63, 3.8) is 0 Å². The summed E-state index contributed by atoms with van der Waals surface area (Å²) in [6, 6.07) is 5.04. The predicted octanol–water partition coefficient (Wildman–Crippen LogP) is 0.291. The van der Waals surface area contributed by atoms with E-state index in [9.17, 15) is 18.3 Å². The number of benzene rings is 1. The van der Waals surface area contributed by atoms with Crippen LogP contribution in [0.5, 0.6) is 5.75 Å². The quantitative estimate of drug-likeness (QED) is 0.835. The number of hydrogen-bond acceptors (Lipinski definition) is 4. The highest BCUT2D eigenvalue weighted by molar-refractivity contribution is 7.89. The molecule has 2 rings (SSSR count). The summed E-state index contributed by atoms with van der Waals surface area (Å²) in [5, 5.41) is 12.1. The van der Waals surface area contributed by atoms with Gasteiger partial charge in [0.25, 0.3) is 0 Å². The fourth-order valence-corrected chi connectivity index (χ4v) is 4.00. The number of phenolic OH excluding ortho intramolecular Hbond substituents is 1. The zero-order valence-corrected chi connectivity index (χ0v) is 11.4. The van der Waals surface area contributed by atoms with Crippen LogP contribution >= 0.6 is 0 Å². The van der Waals surface area contributed by atoms with Crippen molar-refractivity contribution in [2.45, 2.75) is 23.8 Å². The molecule has 1 aliphatic rings. The number of phenols is 1. The third-order valence-electron chi connectivity index (χ3n) is 3.20. The Morgan fingerprint density at radius 3 is 2.74 bits per heavy atom. The monoisotopic (exact) mass is 284 g/mol. The number of nitrogens with one attached hydrogen (secondary N) is 1. The molecule has 104 valence electrons. The zero-order valence-electron chi connectivity index (χ0n) is 10.5. The Morgan fingerprint density at radius 2 is 2.11 bits per heavy atom. The molecule has 1 heterocycles. The summed E-state index contributed by atoms with van der Waals surface area (Å²) in [7, 11) is -2.37. The second-order valence-corrected chi connectivity index (χ2v) is 6.21. The Morgan fingerprint density at radius 1 is 1.42 bits per heavy atom. The minimum absolute atomic E-state index is 0.161. The van der Waals surface area contributed by atoms with E-state index in [0.29, 0.717) is 12.8 Å². The SMILES string of the molecule is CNC(=O)C1CCCN1S(=O)(=O)c1ccccc1O. The second-order valence-electron chi connectivity index (χ2n) is 4.36. The van der Waals surface area contributed by atoms with Gasteiger partial charge in [-0.2, -0.15) is 4.31 Å². The molecule has 7 heteroatoms. The number of sulfonamides is 1. The van der Waals surface area contributed by atoms with E-state index in [2.05, 4.69) is 5.32 Å². The second kappa shape index (κ2) is 5.18. The van der Waals surface area contributed by atoms with E-state index in [-0.39, 0.29) is 23.1 Å². The first-order chi connectivity index (χ1) is 8.98. The molecule has 6 nitrogen and oxygen atoms in total. The van der Waals surface area contributed by atoms with Crippen LogP contribution in [-0.2, 0) is 14.8 Å². The topological polar surface area (TPSA) is 86.7 Å². The van der Waals surface area contributed by atoms with Crippen molar-refractivity contribution in [1.29, 1.82) is 0 Å². The number of amides is 1. The van der Waals surface area contributed by atoms with Crippen LogP contribution in [0, 0.1) is 0 Å². The molecule has 0 spiro atoms. The van der Waals surface area contributed by atoms with Gasteiger partial charge in [-0.1, -0.05) is 12.1 Å². The highest BCUT2D eigenvalue weighted by atomic mass is 32.2. The predicted molar refractivity (Wildman–Crippen MR) is 69.1 cm³/mol. The van der Waals surface area contributed by atoms with Gasteiger partial charge in [-0.05, 0) is 25.0 Å². The van der Waals surface area contributed by atoms with E-state index in [4.69, 9.17) is 0 Å². The van der Waals surface area contributed by atoms with Gasteiger partial charge in [0.1, 0.15) is 16.7 Å². The Kier molecular flexibility index (Phi) is 3.77. The van der Waals surface area contributed by atoms with E-state index in [1.54, 1.807) is 6.07 Å². The molecule has 0 aromatic heterocycles. The number of rotatable bonds is 3. The van der Waals surface area contributed by atoms with Crippen LogP contribution in [0.15, 0.2) is 29.2 Å². The standard InChI is InChI=1S/C12H16N2O4S/c1-13-12(16)9-5-4-8-14(9)19(17,18)11-7-3-2-6-10(11)15/h2-3,6-7,9,15H,4-5,8H2,1H3,(H,13,16). The lowest BCUT2D eigenvalue weighted by Crippen LogP contribution is -2.44. The first-order valence-electron chi connectivity index (χ1n) is 6.00. The highest BCUT2D eigenvalue weighted by Gasteiger charge is 2.39. The molecule has 1 amide bonds. The summed E-state index contributed by atoms with van der Waals surface area (Å²) < 4.78 is 26.1. The van der Waals surface area contributed by atoms with E-state index < -0.39 is 16.1 Å². The number of nitrogens with zero attached hydrogens (tertiary/aromatic N) is 1. The number of likely N-dealkylation sites (N-methyl/N-ethyl adjacent to an activating group) is 1. The molecule has 1 aromatic rings. The molecule has 19 heavy (non-hydrogen) atoms. The van der Waals surface area contributed by atoms with Gasteiger partial charge in [-0.15, -0.1) is 0 Å². The van der Waals surface area contributed by atoms with Crippen LogP contribution in [0.3, 0.4) is 0 Å². The van der Waals surface area contributed by atoms with Gasteiger partial charge >= 0.3 is 0 Å². The van der Waals surface area contributed by atoms with Crippen molar-refractivity contribution in [2.75, 3.05) is 13.6 Å². The van der Waals surface area contributed by atoms with Gasteiger partial charge in [0.2, 0.25) is 15.9 Å². The summed E-state index contributed by atoms with van der Waals surface area (Å²) >= 11 is 0. The molecular weight excluding hydrogens is 268 g/mol. The van der Waals surface area contributed by atoms with Crippen LogP contribution in [-0.4, -0.2) is 43.4 Å². The summed E-state index contributed by atoms with van der Waals surface area (Å²) in [6.45, 7) is 0.286. The molecule has 0 aliphatic carbocycles. The third kappa shape index (κ3) is 2.43. The largest absolute Gasteiger partial charge is 0.507 e. The first-order valence-corrected chi connectivity index (χ1v) is 7.44. The normalized spacial score (nSPS) is 20.4. The van der Waals surface area contributed by atoms with E-state index in [1.165, 1.54) is 25.2 Å². The lowest BCUT2D eigenvalue weighted by molar-refractivity contribution is -0.123. The van der Waals surface area contributed by atoms with Gasteiger partial charge < -0.3 is 10.4 Å². The van der Waals surface area contributed by atoms with Crippen molar-refractivity contribution in [2.24, 2.45) is 0 Å². The molecular formula is C12H16N2O4S. The van der Waals surface area contributed by atoms with Crippen LogP contribution in [0.4, 0.5) is 0 Å². The number of aromatic hydroxyl groups is 1. The number of carbonyl (C=O) groups excluding carboxylic acids is 1. The minimum atomic E-state index is -3.85. The average molecular weight is 284 g/mol. The highest BCUT2D eigenvalue weighted by Crippen LogP contribution is 2.30. The van der Waals surface area contributed by atoms with Crippen molar-refractivity contribution in [3.05, 3.63) is 24.3 Å². The molecule has 0 bridgehead atoms. The van der Waals surface area contributed by atoms with Gasteiger partial charge in [-0.25, -0.2) is 8.42 Å². The summed E-state index contributed by atoms with van der Waals surface area (Å²) in [4.78, 5) is 11.5. The zero-order chi connectivity index (χ0) is 14.0. The minimum Gasteiger partial charge on any atom is -0.507 e. The Bertz CT molecular complexity index is 585. The van der Waals surface area contributed by atoms with Crippen molar-refractivity contribution >= 4 is 15.9 Å². The van der Waals surface area contributed by atoms with Gasteiger partial charge in [0.05, 0.1) is 0 Å². The Hall–Kier alpha value is -1.60. The van der Waals surface area contributed by atoms with E-state index in [1.807, 2.05) is 0 Å². The molecule has 1 aliphatic heterocycles. The maximum atomic E-state index is 12.5. The van der Waals surface area contributed by atoms with Crippen molar-refractivity contribution in [1.82, 2.24) is 9.62 Å². The number of hydrogen-bond donors (Lipinski definition) is 2. The van der Waals surface area contributed by atoms with Crippen molar-refractivity contribution in [3.8, 4) is 5.75 Å². The first kappa shape index (κ1) is 13.8. The smallest absolute Gasteiger partial charge is 0.247 e. The maximum absolute atomic E-state index is 12.5. The maximum Gasteiger partial charge on any atom is 0.247 e. The molecule has 1 unspecified atom stereocenters. The number of para-hydroxylation sites is 1. The molecule has 0 radical (unpaired) electrons. The third-order valence-corrected chi connectivity index (χ3v) is 5.16. The fraction of sp³-hybridized carbons (Fsp3) is 0.417. The van der Waals surface area contributed by atoms with Gasteiger partial charge in [-0.3, -0.25) is 4.79 Å². The van der Waals surface area contributed by atoms with Crippen LogP contribution < -0.4 is 5.32 Å². The average Bonchev–Trinajstić information content (AvgIpc) is 2.88. The number of carbonyl (C=O) groups is 1. The fourth-order valence-electron chi connectivity index (χ4n) is 2.26. The van der Waals surface area contributed by atoms with Crippen LogP contribution in [0.2, 0.25) is 0 Å². The molecule has 1 saturated heterocycles. The van der Waals surface area contributed by atoms with Gasteiger partial charge in [0.15, 0.2) is 0 Å². The molecule has 0 saturated carbocycles. The molecule has 1 atom stereocenters. The molecule has 1 fully saturated rings. The van der Waals surface area contributed by atoms with Gasteiger partial charge in [0, 0.05) is 13.6 Å². The Balaban J connectivity index is 2.40. The van der Waals surface area contributed by atoms with Crippen LogP contribution in [0.25, 0.3) is 0 Å². The Labute approximate surface area is 112 Å². The summed E-state index contributed by atoms with van der Waals surface area (Å²) in [5.74, 6) is -0.624. The van der Waals surface area contributed by atoms with Crippen LogP contribution in [0.1, 0.15) is 12.8 Å². The summed E-state index contributed by atoms with van der Waals surface area (Å²) in [5.41, 5.74) is 0. The molecule has 1 aromatic carbocycles. The molecule has 2 N–H and O–H groups in total. The lowest BCUT2D eigenvalue weighted by atomic mass is 10.2. The lowest BCUT2D eigenvalue weighted by Gasteiger charge is -2.23. The van der Waals surface area contributed by atoms with Crippen molar-refractivity contribution < 1.29 is 18.3 Å².